The van der Waals surface area contributed by atoms with Crippen molar-refractivity contribution in [3.05, 3.63) is 40.8 Å². The number of rotatable bonds is 7. The van der Waals surface area contributed by atoms with Crippen LogP contribution in [-0.4, -0.2) is 31.1 Å². The third-order valence-corrected chi connectivity index (χ3v) is 3.12. The van der Waals surface area contributed by atoms with Crippen LogP contribution in [0.2, 0.25) is 0 Å². The molecule has 0 spiro atoms. The first-order valence-electron chi connectivity index (χ1n) is 7.16. The fourth-order valence-corrected chi connectivity index (χ4v) is 2.03. The first-order valence-corrected chi connectivity index (χ1v) is 7.16. The van der Waals surface area contributed by atoms with Gasteiger partial charge in [0.1, 0.15) is 11.5 Å². The molecule has 116 valence electrons. The number of aliphatic imine (C=N–C) groups is 1. The topological polar surface area (TPSA) is 47.9 Å². The van der Waals surface area contributed by atoms with Crippen molar-refractivity contribution in [3.8, 4) is 0 Å². The standard InChI is InChI=1S/C16H24FN3O/c1-5-18-10-14(13(4)19-6-2)11-20(21)16-12(3)8-7-9-15(16)17/h7-10,19,21H,5-6,11H2,1-4H3/b14-13-,18-10?. The van der Waals surface area contributed by atoms with Crippen LogP contribution in [0.15, 0.2) is 34.5 Å². The Morgan fingerprint density at radius 1 is 1.43 bits per heavy atom. The maximum atomic E-state index is 13.9. The number of aryl methyl sites for hydroxylation is 1. The number of halogens is 1. The van der Waals surface area contributed by atoms with Gasteiger partial charge in [-0.1, -0.05) is 12.1 Å². The molecular weight excluding hydrogens is 269 g/mol. The normalized spacial score (nSPS) is 12.5. The zero-order valence-electron chi connectivity index (χ0n) is 13.2. The minimum absolute atomic E-state index is 0.171. The molecule has 0 atom stereocenters. The fraction of sp³-hybridized carbons (Fsp3) is 0.438. The molecule has 2 N–H and O–H groups in total. The number of anilines is 1. The largest absolute Gasteiger partial charge is 0.389 e. The van der Waals surface area contributed by atoms with Crippen LogP contribution in [0.1, 0.15) is 26.3 Å². The van der Waals surface area contributed by atoms with Crippen molar-refractivity contribution in [1.82, 2.24) is 5.32 Å². The van der Waals surface area contributed by atoms with E-state index in [4.69, 9.17) is 0 Å². The molecule has 0 radical (unpaired) electrons. The lowest BCUT2D eigenvalue weighted by Gasteiger charge is -2.21. The van der Waals surface area contributed by atoms with Gasteiger partial charge in [0.2, 0.25) is 0 Å². The summed E-state index contributed by atoms with van der Waals surface area (Å²) in [7, 11) is 0. The molecule has 0 aliphatic rings. The van der Waals surface area contributed by atoms with E-state index in [-0.39, 0.29) is 12.2 Å². The molecule has 0 fully saturated rings. The Balaban J connectivity index is 3.03. The SMILES string of the molecule is CCN=C/C(CN(O)c1c(C)cccc1F)=C(\C)NCC. The van der Waals surface area contributed by atoms with Crippen LogP contribution in [0.25, 0.3) is 0 Å². The molecule has 4 nitrogen and oxygen atoms in total. The summed E-state index contributed by atoms with van der Waals surface area (Å²) in [5.41, 5.74) is 2.63. The van der Waals surface area contributed by atoms with Crippen molar-refractivity contribution in [2.45, 2.75) is 27.7 Å². The first kappa shape index (κ1) is 17.2. The van der Waals surface area contributed by atoms with E-state index in [0.717, 1.165) is 22.9 Å². The molecule has 0 aliphatic carbocycles. The molecule has 0 bridgehead atoms. The van der Waals surface area contributed by atoms with Crippen LogP contribution >= 0.6 is 0 Å². The molecule has 1 aromatic carbocycles. The Labute approximate surface area is 126 Å². The van der Waals surface area contributed by atoms with Crippen LogP contribution < -0.4 is 10.4 Å². The molecule has 5 heteroatoms. The Morgan fingerprint density at radius 2 is 2.14 bits per heavy atom. The molecule has 0 unspecified atom stereocenters. The second kappa shape index (κ2) is 8.42. The van der Waals surface area contributed by atoms with Gasteiger partial charge in [-0.25, -0.2) is 9.45 Å². The summed E-state index contributed by atoms with van der Waals surface area (Å²) in [6, 6.07) is 4.73. The molecule has 21 heavy (non-hydrogen) atoms. The van der Waals surface area contributed by atoms with Crippen LogP contribution in [-0.2, 0) is 0 Å². The summed E-state index contributed by atoms with van der Waals surface area (Å²) in [5.74, 6) is -0.439. The molecule has 1 aromatic rings. The predicted molar refractivity (Wildman–Crippen MR) is 85.7 cm³/mol. The highest BCUT2D eigenvalue weighted by atomic mass is 19.1. The van der Waals surface area contributed by atoms with E-state index in [0.29, 0.717) is 12.1 Å². The minimum Gasteiger partial charge on any atom is -0.389 e. The van der Waals surface area contributed by atoms with Gasteiger partial charge in [-0.05, 0) is 39.3 Å². The van der Waals surface area contributed by atoms with Gasteiger partial charge in [-0.15, -0.1) is 0 Å². The molecular formula is C16H24FN3O. The van der Waals surface area contributed by atoms with Gasteiger partial charge in [0.15, 0.2) is 0 Å². The smallest absolute Gasteiger partial charge is 0.149 e. The molecule has 1 rings (SSSR count). The highest BCUT2D eigenvalue weighted by Gasteiger charge is 2.14. The van der Waals surface area contributed by atoms with E-state index in [1.54, 1.807) is 25.3 Å². The molecule has 0 amide bonds. The summed E-state index contributed by atoms with van der Waals surface area (Å²) in [6.07, 6.45) is 1.72. The number of allylic oxidation sites excluding steroid dienone is 1. The van der Waals surface area contributed by atoms with Crippen molar-refractivity contribution in [2.75, 3.05) is 24.7 Å². The van der Waals surface area contributed by atoms with E-state index < -0.39 is 5.82 Å². The van der Waals surface area contributed by atoms with Crippen LogP contribution in [0.5, 0.6) is 0 Å². The van der Waals surface area contributed by atoms with Gasteiger partial charge in [0.25, 0.3) is 0 Å². The van der Waals surface area contributed by atoms with Crippen molar-refractivity contribution in [3.63, 3.8) is 0 Å². The lowest BCUT2D eigenvalue weighted by molar-refractivity contribution is 0.260. The highest BCUT2D eigenvalue weighted by Crippen LogP contribution is 2.23. The molecule has 0 aliphatic heterocycles. The van der Waals surface area contributed by atoms with E-state index in [1.807, 2.05) is 20.8 Å². The number of nitrogens with one attached hydrogen (secondary N) is 1. The van der Waals surface area contributed by atoms with Gasteiger partial charge >= 0.3 is 0 Å². The number of hydrogen-bond donors (Lipinski definition) is 2. The van der Waals surface area contributed by atoms with Gasteiger partial charge < -0.3 is 5.32 Å². The number of hydroxylamine groups is 1. The van der Waals surface area contributed by atoms with Crippen LogP contribution in [0.3, 0.4) is 0 Å². The number of benzene rings is 1. The summed E-state index contributed by atoms with van der Waals surface area (Å²) in [4.78, 5) is 4.21. The number of para-hydroxylation sites is 1. The van der Waals surface area contributed by atoms with E-state index in [2.05, 4.69) is 10.3 Å². The molecule has 0 saturated heterocycles. The molecule has 0 saturated carbocycles. The van der Waals surface area contributed by atoms with Crippen LogP contribution in [0, 0.1) is 12.7 Å². The second-order valence-corrected chi connectivity index (χ2v) is 4.77. The van der Waals surface area contributed by atoms with Crippen molar-refractivity contribution < 1.29 is 9.60 Å². The van der Waals surface area contributed by atoms with Crippen LogP contribution in [0.4, 0.5) is 10.1 Å². The third-order valence-electron chi connectivity index (χ3n) is 3.12. The molecule has 0 aromatic heterocycles. The average Bonchev–Trinajstić information content (AvgIpc) is 2.43. The first-order chi connectivity index (χ1) is 10.0. The van der Waals surface area contributed by atoms with E-state index in [1.165, 1.54) is 6.07 Å². The summed E-state index contributed by atoms with van der Waals surface area (Å²) in [6.45, 7) is 9.23. The Morgan fingerprint density at radius 3 is 2.71 bits per heavy atom. The van der Waals surface area contributed by atoms with Gasteiger partial charge in [0.05, 0.1) is 6.54 Å². The Bertz CT molecular complexity index is 506. The zero-order valence-corrected chi connectivity index (χ0v) is 13.2. The van der Waals surface area contributed by atoms with Crippen molar-refractivity contribution >= 4 is 11.9 Å². The average molecular weight is 293 g/mol. The van der Waals surface area contributed by atoms with E-state index >= 15 is 0 Å². The predicted octanol–water partition coefficient (Wildman–Crippen LogP) is 3.30. The Kier molecular flexibility index (Phi) is 6.88. The monoisotopic (exact) mass is 293 g/mol. The number of nitrogens with zero attached hydrogens (tertiary/aromatic N) is 2. The lowest BCUT2D eigenvalue weighted by Crippen LogP contribution is -2.26. The minimum atomic E-state index is -0.439. The fourth-order valence-electron chi connectivity index (χ4n) is 2.03. The highest BCUT2D eigenvalue weighted by molar-refractivity contribution is 5.81. The zero-order chi connectivity index (χ0) is 15.8. The Hall–Kier alpha value is -1.88. The maximum Gasteiger partial charge on any atom is 0.149 e. The number of hydrogen-bond acceptors (Lipinski definition) is 4. The van der Waals surface area contributed by atoms with Gasteiger partial charge in [0, 0.05) is 30.6 Å². The quantitative estimate of drug-likeness (QED) is 0.599. The maximum absolute atomic E-state index is 13.9. The summed E-state index contributed by atoms with van der Waals surface area (Å²) in [5, 5.41) is 14.4. The summed E-state index contributed by atoms with van der Waals surface area (Å²) < 4.78 is 13.9. The second-order valence-electron chi connectivity index (χ2n) is 4.77. The van der Waals surface area contributed by atoms with Gasteiger partial charge in [-0.2, -0.15) is 0 Å². The van der Waals surface area contributed by atoms with Crippen molar-refractivity contribution in [2.24, 2.45) is 4.99 Å². The van der Waals surface area contributed by atoms with Crippen molar-refractivity contribution in [1.29, 1.82) is 0 Å². The molecule has 0 heterocycles. The van der Waals surface area contributed by atoms with Gasteiger partial charge in [-0.3, -0.25) is 10.2 Å². The summed E-state index contributed by atoms with van der Waals surface area (Å²) >= 11 is 0. The lowest BCUT2D eigenvalue weighted by atomic mass is 10.1. The van der Waals surface area contributed by atoms with E-state index in [9.17, 15) is 9.60 Å². The third kappa shape index (κ3) is 4.86.